The SMILES string of the molecule is Cn1ccc(C(NN)C2CCCC2(C)C)n1. The maximum Gasteiger partial charge on any atom is 0.0810 e. The first-order valence-electron chi connectivity index (χ1n) is 6.00. The molecule has 0 radical (unpaired) electrons. The van der Waals surface area contributed by atoms with Gasteiger partial charge in [-0.1, -0.05) is 20.3 Å². The summed E-state index contributed by atoms with van der Waals surface area (Å²) in [5.41, 5.74) is 4.37. The van der Waals surface area contributed by atoms with Gasteiger partial charge in [0.1, 0.15) is 0 Å². The molecule has 0 bridgehead atoms. The zero-order chi connectivity index (χ0) is 11.8. The van der Waals surface area contributed by atoms with Crippen molar-refractivity contribution in [3.05, 3.63) is 18.0 Å². The third-order valence-corrected chi connectivity index (χ3v) is 3.97. The van der Waals surface area contributed by atoms with Crippen molar-refractivity contribution >= 4 is 0 Å². The lowest BCUT2D eigenvalue weighted by atomic mass is 9.77. The van der Waals surface area contributed by atoms with Gasteiger partial charge < -0.3 is 0 Å². The molecule has 16 heavy (non-hydrogen) atoms. The predicted molar refractivity (Wildman–Crippen MR) is 64.4 cm³/mol. The van der Waals surface area contributed by atoms with Gasteiger partial charge in [0.25, 0.3) is 0 Å². The molecule has 90 valence electrons. The lowest BCUT2D eigenvalue weighted by Crippen LogP contribution is -2.38. The second kappa shape index (κ2) is 4.18. The van der Waals surface area contributed by atoms with E-state index in [9.17, 15) is 0 Å². The van der Waals surface area contributed by atoms with E-state index in [-0.39, 0.29) is 6.04 Å². The minimum absolute atomic E-state index is 0.179. The standard InChI is InChI=1S/C12H22N4/c1-12(2)7-4-5-9(12)11(14-13)10-6-8-16(3)15-10/h6,8-9,11,14H,4-5,7,13H2,1-3H3. The molecule has 4 heteroatoms. The number of hydrazine groups is 1. The van der Waals surface area contributed by atoms with E-state index in [0.717, 1.165) is 5.69 Å². The fraction of sp³-hybridized carbons (Fsp3) is 0.750. The Morgan fingerprint density at radius 2 is 2.38 bits per heavy atom. The van der Waals surface area contributed by atoms with Crippen LogP contribution >= 0.6 is 0 Å². The molecule has 1 fully saturated rings. The molecule has 3 N–H and O–H groups in total. The largest absolute Gasteiger partial charge is 0.275 e. The van der Waals surface area contributed by atoms with Crippen molar-refractivity contribution in [2.24, 2.45) is 24.2 Å². The van der Waals surface area contributed by atoms with Gasteiger partial charge in [-0.15, -0.1) is 0 Å². The summed E-state index contributed by atoms with van der Waals surface area (Å²) in [7, 11) is 1.94. The van der Waals surface area contributed by atoms with Gasteiger partial charge in [-0.2, -0.15) is 5.10 Å². The molecule has 0 aromatic carbocycles. The molecule has 1 aromatic rings. The number of hydrogen-bond donors (Lipinski definition) is 2. The highest BCUT2D eigenvalue weighted by molar-refractivity contribution is 5.09. The molecule has 2 unspecified atom stereocenters. The molecule has 4 nitrogen and oxygen atoms in total. The van der Waals surface area contributed by atoms with Crippen molar-refractivity contribution in [1.29, 1.82) is 0 Å². The molecule has 0 spiro atoms. The Balaban J connectivity index is 2.23. The van der Waals surface area contributed by atoms with Crippen molar-refractivity contribution in [3.63, 3.8) is 0 Å². The Morgan fingerprint density at radius 3 is 2.81 bits per heavy atom. The van der Waals surface area contributed by atoms with Crippen LogP contribution in [0.2, 0.25) is 0 Å². The Bertz CT molecular complexity index is 356. The summed E-state index contributed by atoms with van der Waals surface area (Å²) < 4.78 is 1.83. The van der Waals surface area contributed by atoms with Crippen LogP contribution in [-0.2, 0) is 7.05 Å². The van der Waals surface area contributed by atoms with Crippen LogP contribution in [0.15, 0.2) is 12.3 Å². The zero-order valence-electron chi connectivity index (χ0n) is 10.4. The molecule has 0 saturated heterocycles. The van der Waals surface area contributed by atoms with Crippen LogP contribution < -0.4 is 11.3 Å². The maximum absolute atomic E-state index is 5.72. The van der Waals surface area contributed by atoms with Crippen molar-refractivity contribution in [2.45, 2.75) is 39.2 Å². The number of nitrogens with zero attached hydrogens (tertiary/aromatic N) is 2. The smallest absolute Gasteiger partial charge is 0.0810 e. The van der Waals surface area contributed by atoms with Gasteiger partial charge in [-0.25, -0.2) is 0 Å². The highest BCUT2D eigenvalue weighted by Crippen LogP contribution is 2.48. The zero-order valence-corrected chi connectivity index (χ0v) is 10.4. The quantitative estimate of drug-likeness (QED) is 0.605. The number of nitrogens with one attached hydrogen (secondary N) is 1. The Morgan fingerprint density at radius 1 is 1.62 bits per heavy atom. The molecule has 1 aliphatic rings. The topological polar surface area (TPSA) is 55.9 Å². The summed E-state index contributed by atoms with van der Waals surface area (Å²) >= 11 is 0. The average Bonchev–Trinajstić information content (AvgIpc) is 2.76. The van der Waals surface area contributed by atoms with Crippen molar-refractivity contribution in [2.75, 3.05) is 0 Å². The van der Waals surface area contributed by atoms with Gasteiger partial charge in [-0.3, -0.25) is 16.0 Å². The second-order valence-electron chi connectivity index (χ2n) is 5.55. The first kappa shape index (κ1) is 11.6. The van der Waals surface area contributed by atoms with E-state index in [1.54, 1.807) is 0 Å². The fourth-order valence-electron chi connectivity index (χ4n) is 2.98. The minimum atomic E-state index is 0.179. The summed E-state index contributed by atoms with van der Waals surface area (Å²) in [6.45, 7) is 4.66. The Labute approximate surface area is 97.2 Å². The van der Waals surface area contributed by atoms with Crippen LogP contribution in [-0.4, -0.2) is 9.78 Å². The third kappa shape index (κ3) is 1.99. The molecule has 1 heterocycles. The Hall–Kier alpha value is -0.870. The normalized spacial score (nSPS) is 25.9. The highest BCUT2D eigenvalue weighted by Gasteiger charge is 2.40. The van der Waals surface area contributed by atoms with Crippen molar-refractivity contribution < 1.29 is 0 Å². The van der Waals surface area contributed by atoms with Crippen LogP contribution in [0.25, 0.3) is 0 Å². The Kier molecular flexibility index (Phi) is 3.04. The fourth-order valence-corrected chi connectivity index (χ4v) is 2.98. The van der Waals surface area contributed by atoms with Gasteiger partial charge in [0.2, 0.25) is 0 Å². The van der Waals surface area contributed by atoms with Crippen LogP contribution in [0.4, 0.5) is 0 Å². The van der Waals surface area contributed by atoms with E-state index >= 15 is 0 Å². The van der Waals surface area contributed by atoms with Crippen molar-refractivity contribution in [1.82, 2.24) is 15.2 Å². The first-order chi connectivity index (χ1) is 7.54. The average molecular weight is 222 g/mol. The van der Waals surface area contributed by atoms with Crippen molar-refractivity contribution in [3.8, 4) is 0 Å². The molecular formula is C12H22N4. The van der Waals surface area contributed by atoms with Gasteiger partial charge in [0.05, 0.1) is 11.7 Å². The second-order valence-corrected chi connectivity index (χ2v) is 5.55. The van der Waals surface area contributed by atoms with Crippen LogP contribution in [0.5, 0.6) is 0 Å². The van der Waals surface area contributed by atoms with E-state index in [0.29, 0.717) is 11.3 Å². The summed E-state index contributed by atoms with van der Waals surface area (Å²) in [6, 6.07) is 2.23. The maximum atomic E-state index is 5.72. The van der Waals surface area contributed by atoms with Crippen LogP contribution in [0.1, 0.15) is 44.8 Å². The third-order valence-electron chi connectivity index (χ3n) is 3.97. The number of rotatable bonds is 3. The molecule has 0 amide bonds. The molecule has 2 rings (SSSR count). The van der Waals surface area contributed by atoms with E-state index in [1.807, 2.05) is 17.9 Å². The van der Waals surface area contributed by atoms with E-state index in [1.165, 1.54) is 19.3 Å². The van der Waals surface area contributed by atoms with Gasteiger partial charge in [-0.05, 0) is 30.2 Å². The molecule has 0 aliphatic heterocycles. The van der Waals surface area contributed by atoms with Gasteiger partial charge in [0.15, 0.2) is 0 Å². The monoisotopic (exact) mass is 222 g/mol. The first-order valence-corrected chi connectivity index (χ1v) is 6.00. The van der Waals surface area contributed by atoms with E-state index in [4.69, 9.17) is 5.84 Å². The lowest BCUT2D eigenvalue weighted by molar-refractivity contribution is 0.195. The summed E-state index contributed by atoms with van der Waals surface area (Å²) in [5, 5.41) is 4.47. The van der Waals surface area contributed by atoms with E-state index in [2.05, 4.69) is 30.4 Å². The van der Waals surface area contributed by atoms with Crippen LogP contribution in [0.3, 0.4) is 0 Å². The molecule has 1 saturated carbocycles. The summed E-state index contributed by atoms with van der Waals surface area (Å²) in [6.07, 6.45) is 5.78. The van der Waals surface area contributed by atoms with Crippen LogP contribution in [0, 0.1) is 11.3 Å². The molecule has 1 aromatic heterocycles. The number of hydrogen-bond acceptors (Lipinski definition) is 3. The minimum Gasteiger partial charge on any atom is -0.275 e. The predicted octanol–water partition coefficient (Wildman–Crippen LogP) is 1.75. The van der Waals surface area contributed by atoms with Gasteiger partial charge >= 0.3 is 0 Å². The number of nitrogens with two attached hydrogens (primary N) is 1. The molecule has 1 aliphatic carbocycles. The van der Waals surface area contributed by atoms with E-state index < -0.39 is 0 Å². The molecule has 2 atom stereocenters. The summed E-state index contributed by atoms with van der Waals surface area (Å²) in [5.74, 6) is 6.29. The highest BCUT2D eigenvalue weighted by atomic mass is 15.3. The van der Waals surface area contributed by atoms with Gasteiger partial charge in [0, 0.05) is 13.2 Å². The summed E-state index contributed by atoms with van der Waals surface area (Å²) in [4.78, 5) is 0. The number of aromatic nitrogens is 2. The lowest BCUT2D eigenvalue weighted by Gasteiger charge is -2.32. The number of aryl methyl sites for hydroxylation is 1. The molecular weight excluding hydrogens is 200 g/mol.